The molecule has 0 atom stereocenters. The summed E-state index contributed by atoms with van der Waals surface area (Å²) in [7, 11) is 1.36. The molecule has 0 saturated heterocycles. The van der Waals surface area contributed by atoms with Crippen molar-refractivity contribution in [2.75, 3.05) is 7.11 Å². The minimum absolute atomic E-state index is 0.0972. The van der Waals surface area contributed by atoms with E-state index in [0.29, 0.717) is 6.29 Å². The van der Waals surface area contributed by atoms with E-state index < -0.39 is 5.82 Å². The normalized spacial score (nSPS) is 10.5. The molecular formula is C10H8ClFO2. The lowest BCUT2D eigenvalue weighted by Gasteiger charge is -2.05. The molecule has 0 aliphatic carbocycles. The molecule has 4 heteroatoms. The Balaban J connectivity index is 3.24. The van der Waals surface area contributed by atoms with E-state index in [4.69, 9.17) is 16.3 Å². The number of allylic oxidation sites excluding steroid dienone is 1. The zero-order valence-electron chi connectivity index (χ0n) is 7.46. The van der Waals surface area contributed by atoms with Crippen molar-refractivity contribution in [1.82, 2.24) is 0 Å². The van der Waals surface area contributed by atoms with Crippen LogP contribution in [0.25, 0.3) is 6.08 Å². The van der Waals surface area contributed by atoms with Crippen molar-refractivity contribution in [3.8, 4) is 5.75 Å². The van der Waals surface area contributed by atoms with Crippen molar-refractivity contribution in [2.24, 2.45) is 0 Å². The van der Waals surface area contributed by atoms with Gasteiger partial charge in [0.1, 0.15) is 6.29 Å². The predicted molar refractivity (Wildman–Crippen MR) is 53.1 cm³/mol. The van der Waals surface area contributed by atoms with Crippen LogP contribution in [0.2, 0.25) is 5.02 Å². The van der Waals surface area contributed by atoms with Crippen LogP contribution in [0.4, 0.5) is 4.39 Å². The van der Waals surface area contributed by atoms with Gasteiger partial charge in [-0.15, -0.1) is 0 Å². The zero-order chi connectivity index (χ0) is 10.6. The molecule has 0 N–H and O–H groups in total. The Bertz CT molecular complexity index is 375. The first kappa shape index (κ1) is 10.7. The van der Waals surface area contributed by atoms with E-state index in [1.165, 1.54) is 31.4 Å². The van der Waals surface area contributed by atoms with Gasteiger partial charge in [-0.1, -0.05) is 11.6 Å². The maximum atomic E-state index is 13.5. The van der Waals surface area contributed by atoms with E-state index in [1.54, 1.807) is 0 Å². The SMILES string of the molecule is COc1ccc(Cl)c(C=CC=O)c1F. The van der Waals surface area contributed by atoms with Gasteiger partial charge in [-0.2, -0.15) is 0 Å². The molecule has 0 fully saturated rings. The quantitative estimate of drug-likeness (QED) is 0.571. The second-order valence-corrected chi connectivity index (χ2v) is 2.88. The fourth-order valence-electron chi connectivity index (χ4n) is 0.995. The van der Waals surface area contributed by atoms with Gasteiger partial charge in [-0.3, -0.25) is 4.79 Å². The fraction of sp³-hybridized carbons (Fsp3) is 0.100. The zero-order valence-corrected chi connectivity index (χ0v) is 8.22. The fourth-order valence-corrected chi connectivity index (χ4v) is 1.20. The van der Waals surface area contributed by atoms with Crippen molar-refractivity contribution in [1.29, 1.82) is 0 Å². The monoisotopic (exact) mass is 214 g/mol. The van der Waals surface area contributed by atoms with Crippen LogP contribution in [-0.2, 0) is 4.79 Å². The topological polar surface area (TPSA) is 26.3 Å². The maximum Gasteiger partial charge on any atom is 0.173 e. The van der Waals surface area contributed by atoms with Gasteiger partial charge in [0.25, 0.3) is 0 Å². The molecule has 0 amide bonds. The Labute approximate surface area is 85.9 Å². The van der Waals surface area contributed by atoms with Crippen LogP contribution in [0.5, 0.6) is 5.75 Å². The molecule has 0 bridgehead atoms. The summed E-state index contributed by atoms with van der Waals surface area (Å²) in [4.78, 5) is 10.1. The lowest BCUT2D eigenvalue weighted by Crippen LogP contribution is -1.91. The molecule has 2 nitrogen and oxygen atoms in total. The molecule has 0 spiro atoms. The van der Waals surface area contributed by atoms with Gasteiger partial charge < -0.3 is 4.74 Å². The number of hydrogen-bond acceptors (Lipinski definition) is 2. The first-order valence-electron chi connectivity index (χ1n) is 3.84. The molecule has 14 heavy (non-hydrogen) atoms. The highest BCUT2D eigenvalue weighted by atomic mass is 35.5. The third kappa shape index (κ3) is 2.12. The minimum Gasteiger partial charge on any atom is -0.494 e. The summed E-state index contributed by atoms with van der Waals surface area (Å²) in [6.07, 6.45) is 3.02. The molecule has 0 unspecified atom stereocenters. The van der Waals surface area contributed by atoms with Crippen molar-refractivity contribution in [2.45, 2.75) is 0 Å². The summed E-state index contributed by atoms with van der Waals surface area (Å²) >= 11 is 5.73. The first-order chi connectivity index (χ1) is 6.70. The molecule has 0 heterocycles. The molecule has 0 aliphatic heterocycles. The molecule has 0 aromatic heterocycles. The molecule has 1 aromatic carbocycles. The smallest absolute Gasteiger partial charge is 0.173 e. The number of rotatable bonds is 3. The molecular weight excluding hydrogens is 207 g/mol. The Kier molecular flexibility index (Phi) is 3.65. The standard InChI is InChI=1S/C10H8ClFO2/c1-14-9-5-4-8(11)7(10(9)12)3-2-6-13/h2-6H,1H3. The number of halogens is 2. The molecule has 0 radical (unpaired) electrons. The Morgan fingerprint density at radius 3 is 2.79 bits per heavy atom. The Morgan fingerprint density at radius 2 is 2.21 bits per heavy atom. The molecule has 0 saturated carbocycles. The first-order valence-corrected chi connectivity index (χ1v) is 4.22. The minimum atomic E-state index is -0.571. The largest absolute Gasteiger partial charge is 0.494 e. The third-order valence-electron chi connectivity index (χ3n) is 1.65. The number of ether oxygens (including phenoxy) is 1. The van der Waals surface area contributed by atoms with Crippen LogP contribution in [0.3, 0.4) is 0 Å². The highest BCUT2D eigenvalue weighted by Gasteiger charge is 2.09. The van der Waals surface area contributed by atoms with Crippen LogP contribution < -0.4 is 4.74 Å². The Hall–Kier alpha value is -1.35. The lowest BCUT2D eigenvalue weighted by atomic mass is 10.2. The van der Waals surface area contributed by atoms with Crippen molar-refractivity contribution in [3.05, 3.63) is 34.6 Å². The van der Waals surface area contributed by atoms with Crippen LogP contribution >= 0.6 is 11.6 Å². The summed E-state index contributed by atoms with van der Waals surface area (Å²) in [6, 6.07) is 2.93. The number of hydrogen-bond donors (Lipinski definition) is 0. The van der Waals surface area contributed by atoms with Gasteiger partial charge in [0.05, 0.1) is 12.1 Å². The summed E-state index contributed by atoms with van der Waals surface area (Å²) in [6.45, 7) is 0. The van der Waals surface area contributed by atoms with Crippen LogP contribution in [0.1, 0.15) is 5.56 Å². The van der Waals surface area contributed by atoms with E-state index in [-0.39, 0.29) is 16.3 Å². The average molecular weight is 215 g/mol. The van der Waals surface area contributed by atoms with E-state index in [2.05, 4.69) is 0 Å². The molecule has 74 valence electrons. The van der Waals surface area contributed by atoms with Crippen molar-refractivity contribution < 1.29 is 13.9 Å². The second-order valence-electron chi connectivity index (χ2n) is 2.47. The molecule has 0 aliphatic rings. The van der Waals surface area contributed by atoms with Gasteiger partial charge in [0, 0.05) is 5.56 Å². The van der Waals surface area contributed by atoms with Gasteiger partial charge in [-0.05, 0) is 24.3 Å². The number of methoxy groups -OCH3 is 1. The number of benzene rings is 1. The van der Waals surface area contributed by atoms with Gasteiger partial charge in [-0.25, -0.2) is 4.39 Å². The highest BCUT2D eigenvalue weighted by Crippen LogP contribution is 2.27. The summed E-state index contributed by atoms with van der Waals surface area (Å²) in [5, 5.41) is 0.237. The van der Waals surface area contributed by atoms with E-state index >= 15 is 0 Å². The summed E-state index contributed by atoms with van der Waals surface area (Å²) in [5.74, 6) is -0.474. The van der Waals surface area contributed by atoms with Crippen molar-refractivity contribution in [3.63, 3.8) is 0 Å². The average Bonchev–Trinajstić information content (AvgIpc) is 2.18. The number of carbonyl (C=O) groups is 1. The van der Waals surface area contributed by atoms with E-state index in [9.17, 15) is 9.18 Å². The third-order valence-corrected chi connectivity index (χ3v) is 1.98. The summed E-state index contributed by atoms with van der Waals surface area (Å²) < 4.78 is 18.2. The van der Waals surface area contributed by atoms with Crippen LogP contribution in [-0.4, -0.2) is 13.4 Å². The van der Waals surface area contributed by atoms with Gasteiger partial charge in [0.2, 0.25) is 0 Å². The Morgan fingerprint density at radius 1 is 1.50 bits per heavy atom. The van der Waals surface area contributed by atoms with E-state index in [1.807, 2.05) is 0 Å². The second kappa shape index (κ2) is 4.77. The molecule has 1 aromatic rings. The number of carbonyl (C=O) groups excluding carboxylic acids is 1. The highest BCUT2D eigenvalue weighted by molar-refractivity contribution is 6.32. The maximum absolute atomic E-state index is 13.5. The van der Waals surface area contributed by atoms with Gasteiger partial charge >= 0.3 is 0 Å². The predicted octanol–water partition coefficient (Wildman–Crippen LogP) is 2.70. The van der Waals surface area contributed by atoms with Crippen LogP contribution in [0, 0.1) is 5.82 Å². The lowest BCUT2D eigenvalue weighted by molar-refractivity contribution is -0.104. The van der Waals surface area contributed by atoms with Gasteiger partial charge in [0.15, 0.2) is 11.6 Å². The number of aldehydes is 1. The summed E-state index contributed by atoms with van der Waals surface area (Å²) in [5.41, 5.74) is 0.151. The van der Waals surface area contributed by atoms with Crippen LogP contribution in [0.15, 0.2) is 18.2 Å². The van der Waals surface area contributed by atoms with Crippen molar-refractivity contribution >= 4 is 24.0 Å². The van der Waals surface area contributed by atoms with E-state index in [0.717, 1.165) is 0 Å². The molecule has 1 rings (SSSR count).